The van der Waals surface area contributed by atoms with Crippen LogP contribution < -0.4 is 10.2 Å². The van der Waals surface area contributed by atoms with E-state index in [2.05, 4.69) is 15.7 Å². The maximum atomic E-state index is 11.7. The van der Waals surface area contributed by atoms with Crippen LogP contribution in [0.3, 0.4) is 0 Å². The molecular weight excluding hydrogens is 234 g/mol. The first-order valence-electron chi connectivity index (χ1n) is 5.26. The van der Waals surface area contributed by atoms with Crippen LogP contribution in [-0.4, -0.2) is 29.6 Å². The predicted molar refractivity (Wildman–Crippen MR) is 68.5 cm³/mol. The van der Waals surface area contributed by atoms with E-state index in [-0.39, 0.29) is 5.91 Å². The van der Waals surface area contributed by atoms with E-state index in [9.17, 15) is 4.79 Å². The monoisotopic (exact) mass is 249 g/mol. The molecule has 0 aliphatic carbocycles. The minimum atomic E-state index is -0.345. The number of nitrogens with one attached hydrogen (secondary N) is 1. The van der Waals surface area contributed by atoms with Crippen molar-refractivity contribution in [2.24, 2.45) is 10.3 Å². The third-order valence-corrected chi connectivity index (χ3v) is 2.35. The van der Waals surface area contributed by atoms with Gasteiger partial charge in [-0.25, -0.2) is 5.43 Å². The number of hydrazone groups is 1. The van der Waals surface area contributed by atoms with E-state index >= 15 is 0 Å². The van der Waals surface area contributed by atoms with Crippen LogP contribution in [-0.2, 0) is 0 Å². The molecule has 1 aromatic carbocycles. The quantitative estimate of drug-likeness (QED) is 0.483. The highest BCUT2D eigenvalue weighted by Crippen LogP contribution is 2.10. The van der Waals surface area contributed by atoms with Crippen LogP contribution in [0.5, 0.6) is 5.75 Å². The van der Waals surface area contributed by atoms with Crippen molar-refractivity contribution in [3.05, 3.63) is 29.8 Å². The molecule has 0 atom stereocenters. The average molecular weight is 249 g/mol. The Morgan fingerprint density at radius 1 is 1.22 bits per heavy atom. The lowest BCUT2D eigenvalue weighted by Crippen LogP contribution is -2.21. The molecular formula is C12H15N3O3. The number of carbonyl (C=O) groups is 1. The standard InChI is InChI=1S/C12H15N3O3/c1-8(9(2)15-17)13-14-12(16)10-4-6-11(18-3)7-5-10/h4-7,17H,1-3H3,(H,14,16)/b13-8+,15-9+. The molecule has 0 aliphatic rings. The summed E-state index contributed by atoms with van der Waals surface area (Å²) in [5, 5.41) is 15.3. The number of hydrogen-bond acceptors (Lipinski definition) is 5. The van der Waals surface area contributed by atoms with Gasteiger partial charge < -0.3 is 9.94 Å². The van der Waals surface area contributed by atoms with Crippen LogP contribution in [0, 0.1) is 0 Å². The van der Waals surface area contributed by atoms with Crippen molar-refractivity contribution in [1.29, 1.82) is 0 Å². The number of benzene rings is 1. The van der Waals surface area contributed by atoms with Crippen LogP contribution in [0.2, 0.25) is 0 Å². The maximum Gasteiger partial charge on any atom is 0.271 e. The van der Waals surface area contributed by atoms with Crippen molar-refractivity contribution in [3.63, 3.8) is 0 Å². The van der Waals surface area contributed by atoms with Gasteiger partial charge in [0.05, 0.1) is 18.5 Å². The lowest BCUT2D eigenvalue weighted by Gasteiger charge is -2.03. The molecule has 0 saturated carbocycles. The van der Waals surface area contributed by atoms with E-state index in [1.54, 1.807) is 45.2 Å². The van der Waals surface area contributed by atoms with Gasteiger partial charge in [-0.3, -0.25) is 4.79 Å². The SMILES string of the molecule is COc1ccc(C(=O)N/N=C(C)/C(C)=N/O)cc1. The van der Waals surface area contributed by atoms with Gasteiger partial charge in [0.1, 0.15) is 5.75 Å². The Labute approximate surface area is 105 Å². The Balaban J connectivity index is 2.71. The Morgan fingerprint density at radius 2 is 1.83 bits per heavy atom. The first-order valence-corrected chi connectivity index (χ1v) is 5.26. The van der Waals surface area contributed by atoms with E-state index in [1.165, 1.54) is 0 Å². The third kappa shape index (κ3) is 3.58. The van der Waals surface area contributed by atoms with E-state index in [0.29, 0.717) is 22.7 Å². The molecule has 0 aliphatic heterocycles. The van der Waals surface area contributed by atoms with Gasteiger partial charge in [0, 0.05) is 5.56 Å². The van der Waals surface area contributed by atoms with Crippen LogP contribution in [0.15, 0.2) is 34.5 Å². The summed E-state index contributed by atoms with van der Waals surface area (Å²) in [6, 6.07) is 6.63. The molecule has 0 radical (unpaired) electrons. The molecule has 0 bridgehead atoms. The molecule has 0 unspecified atom stereocenters. The fourth-order valence-electron chi connectivity index (χ4n) is 1.09. The summed E-state index contributed by atoms with van der Waals surface area (Å²) in [7, 11) is 1.56. The molecule has 0 fully saturated rings. The summed E-state index contributed by atoms with van der Waals surface area (Å²) in [4.78, 5) is 11.7. The first kappa shape index (κ1) is 13.7. The molecule has 6 heteroatoms. The summed E-state index contributed by atoms with van der Waals surface area (Å²) in [6.07, 6.45) is 0. The molecule has 1 amide bonds. The molecule has 2 N–H and O–H groups in total. The largest absolute Gasteiger partial charge is 0.497 e. The Morgan fingerprint density at radius 3 is 2.33 bits per heavy atom. The van der Waals surface area contributed by atoms with Crippen molar-refractivity contribution in [1.82, 2.24) is 5.43 Å². The zero-order valence-corrected chi connectivity index (χ0v) is 10.5. The number of methoxy groups -OCH3 is 1. The highest BCUT2D eigenvalue weighted by atomic mass is 16.5. The van der Waals surface area contributed by atoms with Crippen LogP contribution >= 0.6 is 0 Å². The van der Waals surface area contributed by atoms with Gasteiger partial charge >= 0.3 is 0 Å². The van der Waals surface area contributed by atoms with Crippen molar-refractivity contribution < 1.29 is 14.7 Å². The number of rotatable bonds is 4. The molecule has 0 saturated heterocycles. The first-order chi connectivity index (χ1) is 8.58. The molecule has 0 aromatic heterocycles. The number of ether oxygens (including phenoxy) is 1. The van der Waals surface area contributed by atoms with E-state index < -0.39 is 0 Å². The second-order valence-corrected chi connectivity index (χ2v) is 3.55. The zero-order chi connectivity index (χ0) is 13.5. The highest BCUT2D eigenvalue weighted by Gasteiger charge is 2.05. The number of amides is 1. The van der Waals surface area contributed by atoms with E-state index in [1.807, 2.05) is 0 Å². The lowest BCUT2D eigenvalue weighted by molar-refractivity contribution is 0.0955. The van der Waals surface area contributed by atoms with Gasteiger partial charge in [-0.1, -0.05) is 5.16 Å². The normalized spacial score (nSPS) is 12.2. The molecule has 1 aromatic rings. The minimum absolute atomic E-state index is 0.338. The second-order valence-electron chi connectivity index (χ2n) is 3.55. The van der Waals surface area contributed by atoms with Gasteiger partial charge in [-0.15, -0.1) is 0 Å². The van der Waals surface area contributed by atoms with Crippen LogP contribution in [0.4, 0.5) is 0 Å². The summed E-state index contributed by atoms with van der Waals surface area (Å²) in [5.41, 5.74) is 3.60. The second kappa shape index (κ2) is 6.39. The Kier molecular flexibility index (Phi) is 4.86. The van der Waals surface area contributed by atoms with Gasteiger partial charge in [-0.2, -0.15) is 5.10 Å². The summed E-state index contributed by atoms with van der Waals surface area (Å²) < 4.78 is 4.99. The number of hydrogen-bond donors (Lipinski definition) is 2. The Bertz CT molecular complexity index is 478. The van der Waals surface area contributed by atoms with Crippen molar-refractivity contribution in [3.8, 4) is 5.75 Å². The molecule has 1 rings (SSSR count). The fraction of sp³-hybridized carbons (Fsp3) is 0.250. The molecule has 18 heavy (non-hydrogen) atoms. The predicted octanol–water partition coefficient (Wildman–Crippen LogP) is 1.65. The molecule has 96 valence electrons. The molecule has 6 nitrogen and oxygen atoms in total. The third-order valence-electron chi connectivity index (χ3n) is 2.35. The van der Waals surface area contributed by atoms with Crippen molar-refractivity contribution in [2.75, 3.05) is 7.11 Å². The van der Waals surface area contributed by atoms with Crippen LogP contribution in [0.25, 0.3) is 0 Å². The minimum Gasteiger partial charge on any atom is -0.497 e. The average Bonchev–Trinajstić information content (AvgIpc) is 2.43. The maximum absolute atomic E-state index is 11.7. The molecule has 0 spiro atoms. The van der Waals surface area contributed by atoms with E-state index in [4.69, 9.17) is 9.94 Å². The van der Waals surface area contributed by atoms with Gasteiger partial charge in [0.25, 0.3) is 5.91 Å². The number of carbonyl (C=O) groups excluding carboxylic acids is 1. The van der Waals surface area contributed by atoms with Crippen LogP contribution in [0.1, 0.15) is 24.2 Å². The number of oxime groups is 1. The van der Waals surface area contributed by atoms with E-state index in [0.717, 1.165) is 0 Å². The molecule has 0 heterocycles. The lowest BCUT2D eigenvalue weighted by atomic mass is 10.2. The highest BCUT2D eigenvalue weighted by molar-refractivity contribution is 6.40. The van der Waals surface area contributed by atoms with Crippen molar-refractivity contribution in [2.45, 2.75) is 13.8 Å². The van der Waals surface area contributed by atoms with Gasteiger partial charge in [0.15, 0.2) is 0 Å². The summed E-state index contributed by atoms with van der Waals surface area (Å²) in [5.74, 6) is 0.331. The van der Waals surface area contributed by atoms with Gasteiger partial charge in [-0.05, 0) is 38.1 Å². The summed E-state index contributed by atoms with van der Waals surface area (Å²) in [6.45, 7) is 3.21. The zero-order valence-electron chi connectivity index (χ0n) is 10.5. The van der Waals surface area contributed by atoms with Crippen molar-refractivity contribution >= 4 is 17.3 Å². The topological polar surface area (TPSA) is 83.3 Å². The van der Waals surface area contributed by atoms with Gasteiger partial charge in [0.2, 0.25) is 0 Å². The summed E-state index contributed by atoms with van der Waals surface area (Å²) >= 11 is 0. The Hall–Kier alpha value is -2.37. The number of nitrogens with zero attached hydrogens (tertiary/aromatic N) is 2. The fourth-order valence-corrected chi connectivity index (χ4v) is 1.09. The smallest absolute Gasteiger partial charge is 0.271 e.